The van der Waals surface area contributed by atoms with E-state index < -0.39 is 0 Å². The third-order valence-electron chi connectivity index (χ3n) is 4.27. The molecule has 0 atom stereocenters. The van der Waals surface area contributed by atoms with Gasteiger partial charge in [-0.05, 0) is 67.7 Å². The van der Waals surface area contributed by atoms with Gasteiger partial charge in [-0.15, -0.1) is 0 Å². The van der Waals surface area contributed by atoms with Crippen LogP contribution in [0.4, 0.5) is 0 Å². The van der Waals surface area contributed by atoms with E-state index in [0.29, 0.717) is 6.04 Å². The van der Waals surface area contributed by atoms with Crippen LogP contribution >= 0.6 is 11.6 Å². The van der Waals surface area contributed by atoms with E-state index in [9.17, 15) is 0 Å². The number of benzene rings is 2. The third-order valence-corrected chi connectivity index (χ3v) is 4.51. The summed E-state index contributed by atoms with van der Waals surface area (Å²) in [5.41, 5.74) is 3.79. The Morgan fingerprint density at radius 2 is 1.73 bits per heavy atom. The molecular formula is C19H23ClN2. The molecule has 0 spiro atoms. The van der Waals surface area contributed by atoms with Gasteiger partial charge in [0.05, 0.1) is 0 Å². The van der Waals surface area contributed by atoms with Gasteiger partial charge in [-0.2, -0.15) is 0 Å². The Balaban J connectivity index is 1.59. The number of hydrogen-bond donors (Lipinski definition) is 2. The Kier molecular flexibility index (Phi) is 5.49. The van der Waals surface area contributed by atoms with Crippen LogP contribution in [0.15, 0.2) is 48.5 Å². The van der Waals surface area contributed by atoms with Crippen LogP contribution < -0.4 is 10.6 Å². The van der Waals surface area contributed by atoms with Crippen molar-refractivity contribution in [2.75, 3.05) is 19.6 Å². The highest BCUT2D eigenvalue weighted by molar-refractivity contribution is 6.30. The summed E-state index contributed by atoms with van der Waals surface area (Å²) in [6.07, 6.45) is 3.55. The van der Waals surface area contributed by atoms with Crippen LogP contribution in [0, 0.1) is 0 Å². The summed E-state index contributed by atoms with van der Waals surface area (Å²) in [4.78, 5) is 0. The summed E-state index contributed by atoms with van der Waals surface area (Å²) in [5, 5.41) is 7.87. The minimum Gasteiger partial charge on any atom is -0.317 e. The molecule has 1 aliphatic rings. The molecule has 0 aliphatic carbocycles. The van der Waals surface area contributed by atoms with E-state index in [-0.39, 0.29) is 0 Å². The highest BCUT2D eigenvalue weighted by Crippen LogP contribution is 2.23. The van der Waals surface area contributed by atoms with Crippen molar-refractivity contribution >= 4 is 11.6 Å². The van der Waals surface area contributed by atoms with Gasteiger partial charge >= 0.3 is 0 Å². The number of rotatable bonds is 5. The highest BCUT2D eigenvalue weighted by atomic mass is 35.5. The van der Waals surface area contributed by atoms with Crippen molar-refractivity contribution in [3.8, 4) is 11.1 Å². The molecule has 0 bridgehead atoms. The van der Waals surface area contributed by atoms with Crippen LogP contribution in [0.3, 0.4) is 0 Å². The SMILES string of the molecule is Clc1cccc(-c2cccc(CCNC3CCNCC3)c2)c1. The third kappa shape index (κ3) is 4.33. The van der Waals surface area contributed by atoms with Gasteiger partial charge < -0.3 is 10.6 Å². The van der Waals surface area contributed by atoms with E-state index in [0.717, 1.165) is 31.1 Å². The van der Waals surface area contributed by atoms with Crippen molar-refractivity contribution in [2.24, 2.45) is 0 Å². The minimum absolute atomic E-state index is 0.678. The van der Waals surface area contributed by atoms with Crippen molar-refractivity contribution in [1.82, 2.24) is 10.6 Å². The van der Waals surface area contributed by atoms with Gasteiger partial charge in [0.2, 0.25) is 0 Å². The molecule has 22 heavy (non-hydrogen) atoms. The summed E-state index contributed by atoms with van der Waals surface area (Å²) >= 11 is 6.09. The van der Waals surface area contributed by atoms with Gasteiger partial charge in [0.15, 0.2) is 0 Å². The van der Waals surface area contributed by atoms with Crippen LogP contribution in [0.1, 0.15) is 18.4 Å². The van der Waals surface area contributed by atoms with Gasteiger partial charge in [-0.3, -0.25) is 0 Å². The normalized spacial score (nSPS) is 15.9. The zero-order valence-electron chi connectivity index (χ0n) is 12.8. The maximum atomic E-state index is 6.09. The summed E-state index contributed by atoms with van der Waals surface area (Å²) in [6.45, 7) is 3.33. The van der Waals surface area contributed by atoms with Crippen molar-refractivity contribution in [3.05, 3.63) is 59.1 Å². The second kappa shape index (κ2) is 7.77. The lowest BCUT2D eigenvalue weighted by molar-refractivity contribution is 0.389. The number of piperidine rings is 1. The molecule has 2 aromatic rings. The smallest absolute Gasteiger partial charge is 0.0412 e. The fourth-order valence-corrected chi connectivity index (χ4v) is 3.21. The van der Waals surface area contributed by atoms with Gasteiger partial charge in [0.25, 0.3) is 0 Å². The van der Waals surface area contributed by atoms with E-state index in [1.54, 1.807) is 0 Å². The van der Waals surface area contributed by atoms with Gasteiger partial charge in [-0.25, -0.2) is 0 Å². The van der Waals surface area contributed by atoms with Gasteiger partial charge in [0, 0.05) is 11.1 Å². The van der Waals surface area contributed by atoms with E-state index in [1.165, 1.54) is 29.5 Å². The molecule has 0 amide bonds. The van der Waals surface area contributed by atoms with Crippen molar-refractivity contribution < 1.29 is 0 Å². The lowest BCUT2D eigenvalue weighted by Gasteiger charge is -2.23. The predicted molar refractivity (Wildman–Crippen MR) is 94.5 cm³/mol. The number of hydrogen-bond acceptors (Lipinski definition) is 2. The lowest BCUT2D eigenvalue weighted by Crippen LogP contribution is -2.40. The molecule has 2 N–H and O–H groups in total. The van der Waals surface area contributed by atoms with E-state index in [4.69, 9.17) is 11.6 Å². The molecule has 1 aliphatic heterocycles. The second-order valence-corrected chi connectivity index (χ2v) is 6.38. The summed E-state index contributed by atoms with van der Waals surface area (Å²) in [7, 11) is 0. The standard InChI is InChI=1S/C19H23ClN2/c20-18-6-2-5-17(14-18)16-4-1-3-15(13-16)7-12-22-19-8-10-21-11-9-19/h1-6,13-14,19,21-22H,7-12H2. The Morgan fingerprint density at radius 1 is 1.00 bits per heavy atom. The molecule has 1 fully saturated rings. The second-order valence-electron chi connectivity index (χ2n) is 5.94. The summed E-state index contributed by atoms with van der Waals surface area (Å²) in [5.74, 6) is 0. The molecule has 0 unspecified atom stereocenters. The zero-order chi connectivity index (χ0) is 15.2. The molecule has 1 saturated heterocycles. The largest absolute Gasteiger partial charge is 0.317 e. The maximum absolute atomic E-state index is 6.09. The molecule has 0 radical (unpaired) electrons. The Morgan fingerprint density at radius 3 is 2.50 bits per heavy atom. The van der Waals surface area contributed by atoms with Crippen molar-refractivity contribution in [2.45, 2.75) is 25.3 Å². The monoisotopic (exact) mass is 314 g/mol. The first-order chi connectivity index (χ1) is 10.8. The quantitative estimate of drug-likeness (QED) is 0.875. The molecule has 0 saturated carbocycles. The van der Waals surface area contributed by atoms with Gasteiger partial charge in [-0.1, -0.05) is 48.0 Å². The summed E-state index contributed by atoms with van der Waals surface area (Å²) in [6, 6.07) is 17.5. The van der Waals surface area contributed by atoms with Crippen LogP contribution in [0.25, 0.3) is 11.1 Å². The molecule has 116 valence electrons. The average molecular weight is 315 g/mol. The van der Waals surface area contributed by atoms with Crippen molar-refractivity contribution in [3.63, 3.8) is 0 Å². The first-order valence-corrected chi connectivity index (χ1v) is 8.48. The number of nitrogens with one attached hydrogen (secondary N) is 2. The van der Waals surface area contributed by atoms with Crippen LogP contribution in [-0.4, -0.2) is 25.7 Å². The Bertz CT molecular complexity index is 606. The molecule has 1 heterocycles. The predicted octanol–water partition coefficient (Wildman–Crippen LogP) is 3.89. The van der Waals surface area contributed by atoms with E-state index in [1.807, 2.05) is 18.2 Å². The molecule has 0 aromatic heterocycles. The molecule has 2 nitrogen and oxygen atoms in total. The van der Waals surface area contributed by atoms with Gasteiger partial charge in [0.1, 0.15) is 0 Å². The number of halogens is 1. The lowest BCUT2D eigenvalue weighted by atomic mass is 10.0. The topological polar surface area (TPSA) is 24.1 Å². The van der Waals surface area contributed by atoms with Crippen LogP contribution in [-0.2, 0) is 6.42 Å². The molecule has 3 rings (SSSR count). The fourth-order valence-electron chi connectivity index (χ4n) is 3.02. The first kappa shape index (κ1) is 15.5. The van der Waals surface area contributed by atoms with E-state index >= 15 is 0 Å². The van der Waals surface area contributed by atoms with Crippen LogP contribution in [0.2, 0.25) is 5.02 Å². The maximum Gasteiger partial charge on any atom is 0.0412 e. The van der Waals surface area contributed by atoms with Crippen molar-refractivity contribution in [1.29, 1.82) is 0 Å². The average Bonchev–Trinajstić information content (AvgIpc) is 2.56. The Hall–Kier alpha value is -1.35. The highest BCUT2D eigenvalue weighted by Gasteiger charge is 2.11. The fraction of sp³-hybridized carbons (Fsp3) is 0.368. The minimum atomic E-state index is 0.678. The van der Waals surface area contributed by atoms with Crippen LogP contribution in [0.5, 0.6) is 0 Å². The molecule has 3 heteroatoms. The van der Waals surface area contributed by atoms with E-state index in [2.05, 4.69) is 41.0 Å². The Labute approximate surface area is 137 Å². The molecule has 2 aromatic carbocycles. The summed E-state index contributed by atoms with van der Waals surface area (Å²) < 4.78 is 0. The zero-order valence-corrected chi connectivity index (χ0v) is 13.6. The molecular weight excluding hydrogens is 292 g/mol. The first-order valence-electron chi connectivity index (χ1n) is 8.10.